The lowest BCUT2D eigenvalue weighted by Gasteiger charge is -2.24. The second kappa shape index (κ2) is 8.54. The van der Waals surface area contributed by atoms with E-state index in [1.54, 1.807) is 12.1 Å². The van der Waals surface area contributed by atoms with Crippen molar-refractivity contribution in [1.82, 2.24) is 0 Å². The van der Waals surface area contributed by atoms with Crippen LogP contribution in [0.25, 0.3) is 0 Å². The fourth-order valence-corrected chi connectivity index (χ4v) is 4.67. The third-order valence-corrected chi connectivity index (χ3v) is 6.10. The molecule has 0 aliphatic rings. The summed E-state index contributed by atoms with van der Waals surface area (Å²) in [7, 11) is 0. The van der Waals surface area contributed by atoms with Crippen LogP contribution in [0.15, 0.2) is 33.2 Å². The molecule has 2 rings (SSSR count). The summed E-state index contributed by atoms with van der Waals surface area (Å²) in [5, 5.41) is 8.44. The minimum absolute atomic E-state index is 0.0821. The van der Waals surface area contributed by atoms with Crippen molar-refractivity contribution in [3.05, 3.63) is 66.6 Å². The second-order valence-electron chi connectivity index (χ2n) is 8.58. The molecular weight excluding hydrogens is 552 g/mol. The van der Waals surface area contributed by atoms with Gasteiger partial charge in [0.1, 0.15) is 0 Å². The first kappa shape index (κ1) is 25.9. The van der Waals surface area contributed by atoms with E-state index in [0.717, 1.165) is 5.56 Å². The number of hydrogen-bond donors (Lipinski definition) is 1. The molecule has 0 radical (unpaired) electrons. The monoisotopic (exact) mass is 571 g/mol. The van der Waals surface area contributed by atoms with Crippen molar-refractivity contribution in [1.29, 1.82) is 5.41 Å². The van der Waals surface area contributed by atoms with Crippen molar-refractivity contribution in [3.63, 3.8) is 0 Å². The highest BCUT2D eigenvalue weighted by molar-refractivity contribution is 9.11. The number of hydrogen-bond acceptors (Lipinski definition) is 1. The van der Waals surface area contributed by atoms with Gasteiger partial charge in [0.2, 0.25) is 0 Å². The molecule has 0 saturated carbocycles. The molecule has 31 heavy (non-hydrogen) atoms. The van der Waals surface area contributed by atoms with Gasteiger partial charge in [0, 0.05) is 20.1 Å². The van der Waals surface area contributed by atoms with Crippen molar-refractivity contribution in [2.75, 3.05) is 0 Å². The molecule has 0 aliphatic heterocycles. The Morgan fingerprint density at radius 2 is 1.16 bits per heavy atom. The van der Waals surface area contributed by atoms with E-state index >= 15 is 0 Å². The molecule has 170 valence electrons. The average molecular weight is 573 g/mol. The quantitative estimate of drug-likeness (QED) is 0.280. The zero-order valence-corrected chi connectivity index (χ0v) is 20.6. The van der Waals surface area contributed by atoms with Crippen molar-refractivity contribution >= 4 is 37.6 Å². The molecule has 2 aromatic carbocycles. The first-order chi connectivity index (χ1) is 13.9. The van der Waals surface area contributed by atoms with Crippen LogP contribution in [0.2, 0.25) is 0 Å². The van der Waals surface area contributed by atoms with Crippen LogP contribution in [0.5, 0.6) is 0 Å². The normalized spacial score (nSPS) is 13.1. The van der Waals surface area contributed by atoms with E-state index in [9.17, 15) is 26.3 Å². The number of halogens is 8. The smallest absolute Gasteiger partial charge is 0.300 e. The van der Waals surface area contributed by atoms with Crippen LogP contribution < -0.4 is 0 Å². The maximum absolute atomic E-state index is 13.9. The highest BCUT2D eigenvalue weighted by atomic mass is 79.9. The molecular formula is C22H21Br2F6N. The van der Waals surface area contributed by atoms with Crippen molar-refractivity contribution in [2.24, 2.45) is 0 Å². The van der Waals surface area contributed by atoms with Gasteiger partial charge in [0.05, 0.1) is 16.8 Å². The first-order valence-electron chi connectivity index (χ1n) is 9.26. The molecule has 0 unspecified atom stereocenters. The third kappa shape index (κ3) is 5.53. The largest absolute Gasteiger partial charge is 0.417 e. The van der Waals surface area contributed by atoms with Gasteiger partial charge in [-0.25, -0.2) is 0 Å². The Morgan fingerprint density at radius 3 is 1.45 bits per heavy atom. The SMILES string of the molecule is CC(C)c1cc(C(F)(F)F)c(C(=N)c2c(Br)cc(C(C)(C)C)cc2Br)c(C(F)(F)F)c1. The van der Waals surface area contributed by atoms with Crippen molar-refractivity contribution < 1.29 is 26.3 Å². The number of rotatable bonds is 3. The Morgan fingerprint density at radius 1 is 0.774 bits per heavy atom. The van der Waals surface area contributed by atoms with E-state index < -0.39 is 40.7 Å². The topological polar surface area (TPSA) is 23.9 Å². The molecule has 0 aromatic heterocycles. The molecule has 0 atom stereocenters. The lowest BCUT2D eigenvalue weighted by molar-refractivity contribution is -0.143. The van der Waals surface area contributed by atoms with E-state index in [-0.39, 0.29) is 25.5 Å². The van der Waals surface area contributed by atoms with Gasteiger partial charge in [-0.1, -0.05) is 66.5 Å². The van der Waals surface area contributed by atoms with Gasteiger partial charge in [-0.2, -0.15) is 26.3 Å². The molecule has 0 fully saturated rings. The fraction of sp³-hybridized carbons (Fsp3) is 0.409. The Kier molecular flexibility index (Phi) is 7.14. The van der Waals surface area contributed by atoms with E-state index in [0.29, 0.717) is 12.1 Å². The summed E-state index contributed by atoms with van der Waals surface area (Å²) in [6, 6.07) is 4.62. The molecule has 0 aliphatic carbocycles. The average Bonchev–Trinajstić information content (AvgIpc) is 2.57. The van der Waals surface area contributed by atoms with E-state index in [1.807, 2.05) is 20.8 Å². The zero-order chi connectivity index (χ0) is 24.1. The summed E-state index contributed by atoms with van der Waals surface area (Å²) < 4.78 is 83.7. The number of benzene rings is 2. The van der Waals surface area contributed by atoms with Crippen LogP contribution in [0.4, 0.5) is 26.3 Å². The van der Waals surface area contributed by atoms with Gasteiger partial charge in [0.25, 0.3) is 0 Å². The first-order valence-corrected chi connectivity index (χ1v) is 10.9. The Balaban J connectivity index is 2.92. The summed E-state index contributed by atoms with van der Waals surface area (Å²) in [6.07, 6.45) is -10.1. The summed E-state index contributed by atoms with van der Waals surface area (Å²) in [4.78, 5) is 0. The number of nitrogens with one attached hydrogen (secondary N) is 1. The Labute approximate surface area is 194 Å². The van der Waals surface area contributed by atoms with E-state index in [1.165, 1.54) is 13.8 Å². The van der Waals surface area contributed by atoms with Gasteiger partial charge >= 0.3 is 12.4 Å². The molecule has 0 amide bonds. The van der Waals surface area contributed by atoms with Crippen LogP contribution in [0, 0.1) is 5.41 Å². The van der Waals surface area contributed by atoms with E-state index in [4.69, 9.17) is 5.41 Å². The highest BCUT2D eigenvalue weighted by Crippen LogP contribution is 2.44. The second-order valence-corrected chi connectivity index (χ2v) is 10.3. The standard InChI is InChI=1S/C22H21Br2F6N/c1-10(2)11-6-13(21(25,26)27)17(14(7-11)22(28,29)30)19(31)18-15(23)8-12(9-16(18)24)20(3,4)5/h6-10,31H,1-5H3. The van der Waals surface area contributed by atoms with Gasteiger partial charge < -0.3 is 0 Å². The molecule has 2 aromatic rings. The molecule has 0 saturated heterocycles. The van der Waals surface area contributed by atoms with Crippen molar-refractivity contribution in [2.45, 2.75) is 58.3 Å². The van der Waals surface area contributed by atoms with Crippen LogP contribution in [-0.2, 0) is 17.8 Å². The fourth-order valence-electron chi connectivity index (χ4n) is 3.08. The van der Waals surface area contributed by atoms with Crippen LogP contribution in [0.1, 0.15) is 73.9 Å². The molecule has 9 heteroatoms. The highest BCUT2D eigenvalue weighted by Gasteiger charge is 2.43. The maximum atomic E-state index is 13.9. The van der Waals surface area contributed by atoms with Crippen LogP contribution in [0.3, 0.4) is 0 Å². The van der Waals surface area contributed by atoms with Crippen LogP contribution in [-0.4, -0.2) is 5.71 Å². The molecule has 0 bridgehead atoms. The predicted molar refractivity (Wildman–Crippen MR) is 117 cm³/mol. The Hall–Kier alpha value is -1.35. The van der Waals surface area contributed by atoms with Gasteiger partial charge in [-0.3, -0.25) is 5.41 Å². The molecule has 1 nitrogen and oxygen atoms in total. The maximum Gasteiger partial charge on any atom is 0.417 e. The summed E-state index contributed by atoms with van der Waals surface area (Å²) in [5.41, 5.74) is -4.71. The number of alkyl halides is 6. The van der Waals surface area contributed by atoms with E-state index in [2.05, 4.69) is 31.9 Å². The zero-order valence-electron chi connectivity index (χ0n) is 17.4. The third-order valence-electron chi connectivity index (χ3n) is 4.85. The predicted octanol–water partition coefficient (Wildman–Crippen LogP) is 9.09. The minimum atomic E-state index is -5.07. The minimum Gasteiger partial charge on any atom is -0.300 e. The van der Waals surface area contributed by atoms with Crippen LogP contribution >= 0.6 is 31.9 Å². The van der Waals surface area contributed by atoms with Gasteiger partial charge in [0.15, 0.2) is 0 Å². The van der Waals surface area contributed by atoms with Crippen molar-refractivity contribution in [3.8, 4) is 0 Å². The summed E-state index contributed by atoms with van der Waals surface area (Å²) >= 11 is 6.49. The summed E-state index contributed by atoms with van der Waals surface area (Å²) in [6.45, 7) is 8.78. The van der Waals surface area contributed by atoms with Gasteiger partial charge in [-0.05, 0) is 46.7 Å². The lowest BCUT2D eigenvalue weighted by atomic mass is 9.84. The molecule has 0 spiro atoms. The van der Waals surface area contributed by atoms with Gasteiger partial charge in [-0.15, -0.1) is 0 Å². The Bertz CT molecular complexity index is 956. The molecule has 1 N–H and O–H groups in total. The summed E-state index contributed by atoms with van der Waals surface area (Å²) in [5.74, 6) is -0.560. The lowest BCUT2D eigenvalue weighted by Crippen LogP contribution is -2.22. The molecule has 0 heterocycles.